The Morgan fingerprint density at radius 3 is 1.62 bits per heavy atom. The highest BCUT2D eigenvalue weighted by Gasteiger charge is 2.31. The van der Waals surface area contributed by atoms with Gasteiger partial charge in [-0.3, -0.25) is 0 Å². The van der Waals surface area contributed by atoms with Crippen molar-refractivity contribution in [3.05, 3.63) is 99.3 Å². The Balaban J connectivity index is 2.04. The van der Waals surface area contributed by atoms with E-state index in [9.17, 15) is 13.2 Å². The fraction of sp³-hybridized carbons (Fsp3) is 0.0417. The molecule has 0 aliphatic heterocycles. The number of rotatable bonds is 0. The maximum absolute atomic E-state index is 13.3. The molecule has 0 unspecified atom stereocenters. The van der Waals surface area contributed by atoms with Crippen LogP contribution >= 0.6 is 0 Å². The highest BCUT2D eigenvalue weighted by Crippen LogP contribution is 2.36. The first-order valence-corrected chi connectivity index (χ1v) is 9.19. The van der Waals surface area contributed by atoms with Crippen LogP contribution in [-0.4, -0.2) is 0 Å². The van der Waals surface area contributed by atoms with Crippen molar-refractivity contribution < 1.29 is 13.2 Å². The first kappa shape index (κ1) is 19.2. The van der Waals surface area contributed by atoms with E-state index in [1.54, 1.807) is 24.3 Å². The fourth-order valence-corrected chi connectivity index (χ4v) is 4.23. The summed E-state index contributed by atoms with van der Waals surface area (Å²) in [6.45, 7) is 21.6. The molecule has 0 atom stereocenters. The second-order valence-electron chi connectivity index (χ2n) is 7.14. The zero-order valence-corrected chi connectivity index (χ0v) is 16.0. The van der Waals surface area contributed by atoms with Crippen molar-refractivity contribution in [1.82, 2.24) is 0 Å². The molecular weight excluding hydrogens is 415 g/mol. The highest BCUT2D eigenvalue weighted by atomic mass is 19.4. The number of hydrogen-bond donors (Lipinski definition) is 0. The quantitative estimate of drug-likeness (QED) is 0.210. The van der Waals surface area contributed by atoms with Gasteiger partial charge < -0.3 is 0 Å². The molecule has 150 valence electrons. The van der Waals surface area contributed by atoms with Gasteiger partial charge in [0.05, 0.1) is 22.3 Å². The lowest BCUT2D eigenvalue weighted by Gasteiger charge is -2.05. The van der Waals surface area contributed by atoms with Crippen molar-refractivity contribution in [3.63, 3.8) is 0 Å². The maximum Gasteiger partial charge on any atom is 0.416 e. The van der Waals surface area contributed by atoms with Gasteiger partial charge >= 0.3 is 6.18 Å². The molecule has 5 aromatic rings. The summed E-state index contributed by atoms with van der Waals surface area (Å²) in [4.78, 5) is 9.65. The molecule has 0 saturated carbocycles. The number of halogens is 3. The fourth-order valence-electron chi connectivity index (χ4n) is 4.23. The van der Waals surface area contributed by atoms with Gasteiger partial charge in [-0.05, 0) is 51.9 Å². The topological polar surface area (TPSA) is 37.8 Å². The van der Waals surface area contributed by atoms with Crippen molar-refractivity contribution >= 4 is 48.8 Å². The summed E-state index contributed by atoms with van der Waals surface area (Å²) in [6.07, 6.45) is -4.52. The van der Waals surface area contributed by atoms with Crippen LogP contribution in [0.25, 0.3) is 57.8 Å². The number of benzene rings is 3. The normalized spacial score (nSPS) is 13.1. The van der Waals surface area contributed by atoms with Gasteiger partial charge in [0.2, 0.25) is 0 Å². The van der Waals surface area contributed by atoms with Crippen LogP contribution in [0.5, 0.6) is 0 Å². The van der Waals surface area contributed by atoms with Crippen molar-refractivity contribution in [2.75, 3.05) is 0 Å². The second-order valence-corrected chi connectivity index (χ2v) is 7.14. The van der Waals surface area contributed by atoms with Crippen LogP contribution < -0.4 is 10.7 Å². The zero-order chi connectivity index (χ0) is 22.6. The van der Waals surface area contributed by atoms with Crippen LogP contribution in [-0.2, 0) is 6.18 Å². The molecule has 0 saturated heterocycles. The molecule has 5 aromatic carbocycles. The predicted octanol–water partition coefficient (Wildman–Crippen LogP) is 6.21. The Morgan fingerprint density at radius 1 is 0.594 bits per heavy atom. The number of fused-ring (bicyclic) bond motifs is 6. The maximum atomic E-state index is 13.3. The van der Waals surface area contributed by atoms with Gasteiger partial charge in [-0.2, -0.15) is 26.3 Å². The van der Waals surface area contributed by atoms with E-state index in [4.69, 9.17) is 19.7 Å². The van der Waals surface area contributed by atoms with Crippen LogP contribution in [0, 0.1) is 19.7 Å². The summed E-state index contributed by atoms with van der Waals surface area (Å²) in [5, 5.41) is 13.0. The molecule has 8 heteroatoms. The summed E-state index contributed by atoms with van der Waals surface area (Å²) < 4.78 is 39.9. The average molecular weight is 423 g/mol. The summed E-state index contributed by atoms with van der Waals surface area (Å²) in [6, 6.07) is 12.1. The number of nitrogens with zero attached hydrogens (tertiary/aromatic N) is 5. The van der Waals surface area contributed by atoms with Crippen LogP contribution in [0.3, 0.4) is 0 Å². The molecule has 0 radical (unpaired) electrons. The third-order valence-electron chi connectivity index (χ3n) is 5.54. The lowest BCUT2D eigenvalue weighted by molar-refractivity contribution is -0.137. The van der Waals surface area contributed by atoms with Crippen molar-refractivity contribution in [3.8, 4) is 0 Å². The molecule has 0 bridgehead atoms. The van der Waals surface area contributed by atoms with Gasteiger partial charge in [0.25, 0.3) is 0 Å². The minimum absolute atomic E-state index is 0.152. The first-order chi connectivity index (χ1) is 15.4. The van der Waals surface area contributed by atoms with E-state index in [1.807, 2.05) is 6.07 Å². The molecule has 0 heterocycles. The Kier molecular flexibility index (Phi) is 3.99. The molecule has 0 amide bonds. The molecule has 0 aliphatic rings. The molecular formula is C24H8F3N5. The lowest BCUT2D eigenvalue weighted by atomic mass is 10.1. The van der Waals surface area contributed by atoms with Crippen LogP contribution in [0.15, 0.2) is 58.7 Å². The smallest absolute Gasteiger partial charge is 0.238 e. The van der Waals surface area contributed by atoms with E-state index in [1.165, 1.54) is 6.07 Å². The van der Waals surface area contributed by atoms with Gasteiger partial charge in [-0.25, -0.2) is 4.85 Å². The number of alkyl halides is 3. The minimum atomic E-state index is -4.52. The molecule has 5 rings (SSSR count). The second kappa shape index (κ2) is 6.63. The lowest BCUT2D eigenvalue weighted by Crippen LogP contribution is -2.06. The van der Waals surface area contributed by atoms with E-state index in [2.05, 4.69) is 25.0 Å². The third kappa shape index (κ3) is 2.62. The minimum Gasteiger partial charge on any atom is -0.238 e. The zero-order valence-electron chi connectivity index (χ0n) is 16.0. The van der Waals surface area contributed by atoms with Crippen LogP contribution in [0.1, 0.15) is 5.56 Å². The SMILES string of the molecule is [C-]#[N+]/N=c1\c2cc([N+]#[C-])ccc2c2cc3c(cc12)/c(=N\[N+]#[C-])c1cc(C(F)(F)F)ccc13. The summed E-state index contributed by atoms with van der Waals surface area (Å²) in [5.41, 5.74) is -0.413. The van der Waals surface area contributed by atoms with E-state index in [0.717, 1.165) is 22.9 Å². The standard InChI is InChI=1S/C24H8F3N5/c1-28-13-5-7-15-17-10-16-14-6-4-12(24(25,26)27)8-18(14)22(31-29-2)20(16)11-21(17)23(32-30-3)19(15)9-13/h4-11H/b31-22-,32-23+. The summed E-state index contributed by atoms with van der Waals surface area (Å²) >= 11 is 0. The molecule has 32 heavy (non-hydrogen) atoms. The molecule has 0 aliphatic carbocycles. The van der Waals surface area contributed by atoms with Gasteiger partial charge in [-0.1, -0.05) is 18.2 Å². The van der Waals surface area contributed by atoms with Gasteiger partial charge in [0, 0.05) is 21.5 Å². The Bertz CT molecular complexity index is 1850. The average Bonchev–Trinajstić information content (AvgIpc) is 3.24. The molecule has 0 fully saturated rings. The molecule has 0 aromatic heterocycles. The van der Waals surface area contributed by atoms with Gasteiger partial charge in [0.15, 0.2) is 16.4 Å². The van der Waals surface area contributed by atoms with Crippen LogP contribution in [0.4, 0.5) is 18.9 Å². The van der Waals surface area contributed by atoms with Crippen molar-refractivity contribution in [2.45, 2.75) is 6.18 Å². The first-order valence-electron chi connectivity index (χ1n) is 9.19. The Labute approximate surface area is 178 Å². The Morgan fingerprint density at radius 2 is 1.09 bits per heavy atom. The highest BCUT2D eigenvalue weighted by molar-refractivity contribution is 6.21. The van der Waals surface area contributed by atoms with Gasteiger partial charge in [0.1, 0.15) is 0 Å². The van der Waals surface area contributed by atoms with E-state index in [-0.39, 0.29) is 10.7 Å². The van der Waals surface area contributed by atoms with E-state index >= 15 is 0 Å². The molecule has 0 spiro atoms. The monoisotopic (exact) mass is 423 g/mol. The molecule has 0 N–H and O–H groups in total. The Hall–Kier alpha value is -4.74. The third-order valence-corrected chi connectivity index (χ3v) is 5.54. The predicted molar refractivity (Wildman–Crippen MR) is 114 cm³/mol. The molecule has 5 nitrogen and oxygen atoms in total. The van der Waals surface area contributed by atoms with Crippen LogP contribution in [0.2, 0.25) is 0 Å². The summed E-state index contributed by atoms with van der Waals surface area (Å²) in [5.74, 6) is 0. The number of hydrogen-bond acceptors (Lipinski definition) is 2. The van der Waals surface area contributed by atoms with Crippen molar-refractivity contribution in [2.24, 2.45) is 10.2 Å². The largest absolute Gasteiger partial charge is 0.416 e. The van der Waals surface area contributed by atoms with Gasteiger partial charge in [-0.15, -0.1) is 9.91 Å². The summed E-state index contributed by atoms with van der Waals surface area (Å²) in [7, 11) is 0. The van der Waals surface area contributed by atoms with E-state index < -0.39 is 11.7 Å². The van der Waals surface area contributed by atoms with E-state index in [0.29, 0.717) is 38.0 Å². The van der Waals surface area contributed by atoms with Crippen molar-refractivity contribution in [1.29, 1.82) is 0 Å².